The van der Waals surface area contributed by atoms with E-state index in [1.54, 1.807) is 24.3 Å². The average molecular weight is 498 g/mol. The summed E-state index contributed by atoms with van der Waals surface area (Å²) in [6, 6.07) is 12.4. The van der Waals surface area contributed by atoms with Crippen LogP contribution in [0.2, 0.25) is 0 Å². The van der Waals surface area contributed by atoms with Crippen molar-refractivity contribution >= 4 is 28.8 Å². The molecule has 0 bridgehead atoms. The topological polar surface area (TPSA) is 119 Å². The van der Waals surface area contributed by atoms with E-state index in [1.807, 2.05) is 0 Å². The fourth-order valence-corrected chi connectivity index (χ4v) is 3.06. The van der Waals surface area contributed by atoms with Crippen molar-refractivity contribution in [2.75, 3.05) is 19.0 Å². The van der Waals surface area contributed by atoms with Crippen LogP contribution in [0.1, 0.15) is 20.8 Å². The minimum absolute atomic E-state index is 0.0360. The highest BCUT2D eigenvalue weighted by atomic mass is 19.4. The van der Waals surface area contributed by atoms with Crippen molar-refractivity contribution in [1.82, 2.24) is 25.5 Å². The number of nitrogens with zero attached hydrogens (tertiary/aromatic N) is 5. The molecular formula is C23H17F3N6O4. The van der Waals surface area contributed by atoms with Crippen LogP contribution in [-0.2, 0) is 0 Å². The lowest BCUT2D eigenvalue weighted by molar-refractivity contribution is -0.274. The Hall–Kier alpha value is -4.81. The summed E-state index contributed by atoms with van der Waals surface area (Å²) in [4.78, 5) is 34.0. The lowest BCUT2D eigenvalue weighted by Gasteiger charge is -2.15. The van der Waals surface area contributed by atoms with E-state index in [2.05, 4.69) is 30.2 Å². The lowest BCUT2D eigenvalue weighted by Crippen LogP contribution is -2.28. The number of rotatable bonds is 6. The zero-order chi connectivity index (χ0) is 25.9. The van der Waals surface area contributed by atoms with Crippen molar-refractivity contribution in [2.24, 2.45) is 0 Å². The SMILES string of the molecule is CNC(=O)c1cc(Oc2ccc3nnc(N(C)C(=O)c4ccc(OC(F)(F)F)cc4)nc3c2)ccn1. The fourth-order valence-electron chi connectivity index (χ4n) is 3.06. The Bertz CT molecular complexity index is 1430. The molecule has 13 heteroatoms. The van der Waals surface area contributed by atoms with E-state index in [0.717, 1.165) is 17.0 Å². The molecule has 0 aliphatic carbocycles. The van der Waals surface area contributed by atoms with Crippen molar-refractivity contribution in [1.29, 1.82) is 0 Å². The van der Waals surface area contributed by atoms with Crippen LogP contribution >= 0.6 is 0 Å². The molecule has 0 saturated carbocycles. The van der Waals surface area contributed by atoms with Gasteiger partial charge in [0.1, 0.15) is 28.5 Å². The summed E-state index contributed by atoms with van der Waals surface area (Å²) >= 11 is 0. The van der Waals surface area contributed by atoms with Crippen LogP contribution in [0.4, 0.5) is 19.1 Å². The van der Waals surface area contributed by atoms with Crippen LogP contribution in [0.5, 0.6) is 17.2 Å². The third-order valence-corrected chi connectivity index (χ3v) is 4.78. The molecule has 0 spiro atoms. The first-order chi connectivity index (χ1) is 17.1. The van der Waals surface area contributed by atoms with Gasteiger partial charge in [0.25, 0.3) is 17.8 Å². The normalized spacial score (nSPS) is 11.1. The van der Waals surface area contributed by atoms with E-state index < -0.39 is 18.0 Å². The van der Waals surface area contributed by atoms with Gasteiger partial charge in [-0.25, -0.2) is 4.98 Å². The summed E-state index contributed by atoms with van der Waals surface area (Å²) in [5.41, 5.74) is 1.07. The molecule has 2 heterocycles. The molecule has 0 fully saturated rings. The summed E-state index contributed by atoms with van der Waals surface area (Å²) in [7, 11) is 2.90. The van der Waals surface area contributed by atoms with Gasteiger partial charge in [-0.3, -0.25) is 19.5 Å². The molecule has 2 aromatic heterocycles. The number of amides is 2. The third kappa shape index (κ3) is 5.63. The smallest absolute Gasteiger partial charge is 0.457 e. The Morgan fingerprint density at radius 3 is 2.31 bits per heavy atom. The van der Waals surface area contributed by atoms with Gasteiger partial charge in [-0.15, -0.1) is 23.4 Å². The van der Waals surface area contributed by atoms with Gasteiger partial charge in [-0.05, 0) is 42.5 Å². The maximum atomic E-state index is 12.8. The second kappa shape index (κ2) is 9.82. The van der Waals surface area contributed by atoms with Gasteiger partial charge < -0.3 is 14.8 Å². The van der Waals surface area contributed by atoms with E-state index in [4.69, 9.17) is 4.74 Å². The number of ether oxygens (including phenoxy) is 2. The minimum Gasteiger partial charge on any atom is -0.457 e. The Morgan fingerprint density at radius 1 is 0.917 bits per heavy atom. The van der Waals surface area contributed by atoms with Crippen molar-refractivity contribution in [3.8, 4) is 17.2 Å². The number of nitrogens with one attached hydrogen (secondary N) is 1. The number of fused-ring (bicyclic) bond motifs is 1. The summed E-state index contributed by atoms with van der Waals surface area (Å²) in [5, 5.41) is 10.5. The fraction of sp³-hybridized carbons (Fsp3) is 0.130. The molecule has 2 amide bonds. The number of aromatic nitrogens is 4. The van der Waals surface area contributed by atoms with Crippen molar-refractivity contribution in [2.45, 2.75) is 6.36 Å². The van der Waals surface area contributed by atoms with Crippen LogP contribution in [-0.4, -0.2) is 52.4 Å². The average Bonchev–Trinajstić information content (AvgIpc) is 2.86. The monoisotopic (exact) mass is 498 g/mol. The highest BCUT2D eigenvalue weighted by Gasteiger charge is 2.31. The largest absolute Gasteiger partial charge is 0.573 e. The van der Waals surface area contributed by atoms with Gasteiger partial charge in [0, 0.05) is 38.0 Å². The molecule has 4 aromatic rings. The van der Waals surface area contributed by atoms with Crippen LogP contribution in [0.3, 0.4) is 0 Å². The van der Waals surface area contributed by atoms with Gasteiger partial charge in [-0.1, -0.05) is 0 Å². The second-order valence-corrected chi connectivity index (χ2v) is 7.26. The van der Waals surface area contributed by atoms with Gasteiger partial charge in [0.15, 0.2) is 0 Å². The summed E-state index contributed by atoms with van der Waals surface area (Å²) in [6.45, 7) is 0. The van der Waals surface area contributed by atoms with E-state index >= 15 is 0 Å². The maximum absolute atomic E-state index is 12.8. The van der Waals surface area contributed by atoms with E-state index in [-0.39, 0.29) is 23.1 Å². The lowest BCUT2D eigenvalue weighted by atomic mass is 10.2. The zero-order valence-electron chi connectivity index (χ0n) is 18.8. The van der Waals surface area contributed by atoms with Crippen LogP contribution < -0.4 is 19.7 Å². The number of carbonyl (C=O) groups excluding carboxylic acids is 2. The molecule has 0 aliphatic rings. The first kappa shape index (κ1) is 24.3. The molecule has 184 valence electrons. The Morgan fingerprint density at radius 2 is 1.61 bits per heavy atom. The minimum atomic E-state index is -4.83. The number of hydrogen-bond donors (Lipinski definition) is 1. The van der Waals surface area contributed by atoms with Crippen molar-refractivity contribution < 1.29 is 32.2 Å². The van der Waals surface area contributed by atoms with Crippen LogP contribution in [0, 0.1) is 0 Å². The number of pyridine rings is 1. The summed E-state index contributed by atoms with van der Waals surface area (Å²) in [5.74, 6) is -0.662. The number of anilines is 1. The Labute approximate surface area is 201 Å². The Balaban J connectivity index is 1.54. The van der Waals surface area contributed by atoms with Crippen LogP contribution in [0.25, 0.3) is 11.0 Å². The number of benzene rings is 2. The third-order valence-electron chi connectivity index (χ3n) is 4.78. The van der Waals surface area contributed by atoms with Crippen molar-refractivity contribution in [3.63, 3.8) is 0 Å². The highest BCUT2D eigenvalue weighted by Crippen LogP contribution is 2.26. The molecule has 4 rings (SSSR count). The quantitative estimate of drug-likeness (QED) is 0.427. The predicted octanol–water partition coefficient (Wildman–Crippen LogP) is 3.75. The second-order valence-electron chi connectivity index (χ2n) is 7.26. The first-order valence-electron chi connectivity index (χ1n) is 10.3. The number of halogens is 3. The molecule has 0 atom stereocenters. The number of alkyl halides is 3. The highest BCUT2D eigenvalue weighted by molar-refractivity contribution is 6.05. The molecule has 10 nitrogen and oxygen atoms in total. The molecule has 36 heavy (non-hydrogen) atoms. The molecular weight excluding hydrogens is 481 g/mol. The van der Waals surface area contributed by atoms with Crippen molar-refractivity contribution in [3.05, 3.63) is 72.1 Å². The van der Waals surface area contributed by atoms with Gasteiger partial charge in [0.05, 0.1) is 5.52 Å². The first-order valence-corrected chi connectivity index (χ1v) is 10.3. The number of carbonyl (C=O) groups is 2. The maximum Gasteiger partial charge on any atom is 0.573 e. The molecule has 0 saturated heterocycles. The van der Waals surface area contributed by atoms with E-state index in [9.17, 15) is 22.8 Å². The van der Waals surface area contributed by atoms with Gasteiger partial charge in [-0.2, -0.15) is 0 Å². The summed E-state index contributed by atoms with van der Waals surface area (Å²) in [6.07, 6.45) is -3.40. The molecule has 0 radical (unpaired) electrons. The standard InChI is InChI=1S/C23H17F3N6O4/c1-27-20(33)19-12-16(9-10-28-19)35-15-7-8-17-18(11-15)29-22(31-30-17)32(2)21(34)13-3-5-14(6-4-13)36-23(24,25)26/h3-12H,1-2H3,(H,27,33). The predicted molar refractivity (Wildman–Crippen MR) is 121 cm³/mol. The zero-order valence-corrected chi connectivity index (χ0v) is 18.8. The molecule has 2 aromatic carbocycles. The van der Waals surface area contributed by atoms with Gasteiger partial charge >= 0.3 is 6.36 Å². The van der Waals surface area contributed by atoms with E-state index in [1.165, 1.54) is 38.5 Å². The molecule has 0 unspecified atom stereocenters. The van der Waals surface area contributed by atoms with Gasteiger partial charge in [0.2, 0.25) is 0 Å². The Kier molecular flexibility index (Phi) is 6.63. The van der Waals surface area contributed by atoms with E-state index in [0.29, 0.717) is 22.5 Å². The van der Waals surface area contributed by atoms with Crippen LogP contribution in [0.15, 0.2) is 60.8 Å². The molecule has 1 N–H and O–H groups in total. The summed E-state index contributed by atoms with van der Waals surface area (Å²) < 4.78 is 46.6. The number of hydrogen-bond acceptors (Lipinski definition) is 8. The molecule has 0 aliphatic heterocycles.